The highest BCUT2D eigenvalue weighted by atomic mass is 16.6. The lowest BCUT2D eigenvalue weighted by molar-refractivity contribution is -0.155. The number of hydrogen-bond acceptors (Lipinski definition) is 6. The molecule has 2 aliphatic rings. The van der Waals surface area contributed by atoms with Gasteiger partial charge in [-0.1, -0.05) is 64.0 Å². The summed E-state index contributed by atoms with van der Waals surface area (Å²) in [6, 6.07) is 5.85. The SMILES string of the molecule is CCCCCCCCC[C@H](O)CC[C@@H]1[C@H]2Cc3cccc(OCC(=O)O)c3C[C@H]2C[C@H]1OC(=O)COC. The van der Waals surface area contributed by atoms with E-state index in [1.807, 2.05) is 12.1 Å². The number of fused-ring (bicyclic) bond motifs is 2. The van der Waals surface area contributed by atoms with Crippen LogP contribution in [-0.4, -0.2) is 54.7 Å². The van der Waals surface area contributed by atoms with Crippen molar-refractivity contribution in [1.82, 2.24) is 0 Å². The summed E-state index contributed by atoms with van der Waals surface area (Å²) in [5.74, 6) is 0.169. The largest absolute Gasteiger partial charge is 0.482 e. The highest BCUT2D eigenvalue weighted by molar-refractivity contribution is 5.71. The number of unbranched alkanes of at least 4 members (excludes halogenated alkanes) is 6. The second kappa shape index (κ2) is 15.3. The Morgan fingerprint density at radius 1 is 1.03 bits per heavy atom. The number of aliphatic hydroxyl groups excluding tert-OH is 1. The van der Waals surface area contributed by atoms with Gasteiger partial charge in [0.1, 0.15) is 18.5 Å². The third kappa shape index (κ3) is 8.99. The zero-order chi connectivity index (χ0) is 26.6. The number of carbonyl (C=O) groups is 2. The van der Waals surface area contributed by atoms with E-state index in [9.17, 15) is 14.7 Å². The number of carboxylic acid groups (broad SMARTS) is 1. The molecule has 1 aromatic rings. The summed E-state index contributed by atoms with van der Waals surface area (Å²) in [5, 5.41) is 19.7. The Morgan fingerprint density at radius 3 is 2.51 bits per heavy atom. The topological polar surface area (TPSA) is 102 Å². The van der Waals surface area contributed by atoms with Gasteiger partial charge in [-0.05, 0) is 73.5 Å². The number of hydrogen-bond donors (Lipinski definition) is 2. The standard InChI is InChI=1S/C30H46O7/c1-3-4-5-6-7-8-9-12-23(31)14-15-24-25-16-21-11-10-13-27(36-19-29(32)33)26(21)17-22(25)18-28(24)37-30(34)20-35-2/h10-11,13,22-25,28,31H,3-9,12,14-20H2,1-2H3,(H,32,33)/t22-,23-,24+,25-,28+/m0/s1. The predicted octanol–water partition coefficient (Wildman–Crippen LogP) is 5.34. The van der Waals surface area contributed by atoms with E-state index in [-0.39, 0.29) is 37.3 Å². The smallest absolute Gasteiger partial charge is 0.341 e. The number of carboxylic acids is 1. The summed E-state index contributed by atoms with van der Waals surface area (Å²) in [6.07, 6.45) is 12.9. The molecule has 0 bridgehead atoms. The molecule has 0 unspecified atom stereocenters. The van der Waals surface area contributed by atoms with Crippen LogP contribution in [0, 0.1) is 17.8 Å². The van der Waals surface area contributed by atoms with Gasteiger partial charge in [-0.25, -0.2) is 9.59 Å². The van der Waals surface area contributed by atoms with Gasteiger partial charge >= 0.3 is 11.9 Å². The zero-order valence-electron chi connectivity index (χ0n) is 22.7. The Bertz CT molecular complexity index is 854. The van der Waals surface area contributed by atoms with Crippen LogP contribution in [0.2, 0.25) is 0 Å². The van der Waals surface area contributed by atoms with Gasteiger partial charge in [-0.2, -0.15) is 0 Å². The number of ether oxygens (including phenoxy) is 3. The van der Waals surface area contributed by atoms with Crippen LogP contribution in [-0.2, 0) is 31.9 Å². The van der Waals surface area contributed by atoms with Crippen molar-refractivity contribution in [2.24, 2.45) is 17.8 Å². The number of aliphatic hydroxyl groups is 1. The highest BCUT2D eigenvalue weighted by Gasteiger charge is 2.47. The van der Waals surface area contributed by atoms with Gasteiger partial charge < -0.3 is 24.4 Å². The van der Waals surface area contributed by atoms with Gasteiger partial charge in [-0.15, -0.1) is 0 Å². The molecule has 1 saturated carbocycles. The van der Waals surface area contributed by atoms with Crippen molar-refractivity contribution < 1.29 is 34.0 Å². The van der Waals surface area contributed by atoms with E-state index in [1.165, 1.54) is 51.2 Å². The molecule has 7 nitrogen and oxygen atoms in total. The second-order valence-electron chi connectivity index (χ2n) is 10.9. The van der Waals surface area contributed by atoms with Crippen molar-refractivity contribution in [2.45, 2.75) is 103 Å². The maximum atomic E-state index is 12.3. The fourth-order valence-corrected chi connectivity index (χ4v) is 6.37. The second-order valence-corrected chi connectivity index (χ2v) is 10.9. The van der Waals surface area contributed by atoms with Gasteiger partial charge in [0.25, 0.3) is 0 Å². The van der Waals surface area contributed by atoms with Crippen molar-refractivity contribution in [2.75, 3.05) is 20.3 Å². The molecule has 0 amide bonds. The molecule has 1 aromatic carbocycles. The number of methoxy groups -OCH3 is 1. The Labute approximate surface area is 221 Å². The molecule has 5 atom stereocenters. The van der Waals surface area contributed by atoms with Gasteiger partial charge in [0, 0.05) is 7.11 Å². The van der Waals surface area contributed by atoms with Crippen LogP contribution in [0.15, 0.2) is 18.2 Å². The predicted molar refractivity (Wildman–Crippen MR) is 142 cm³/mol. The molecule has 0 radical (unpaired) electrons. The minimum Gasteiger partial charge on any atom is -0.482 e. The Morgan fingerprint density at radius 2 is 1.78 bits per heavy atom. The third-order valence-electron chi connectivity index (χ3n) is 8.19. The fraction of sp³-hybridized carbons (Fsp3) is 0.733. The number of esters is 1. The molecule has 37 heavy (non-hydrogen) atoms. The normalized spacial score (nSPS) is 23.2. The van der Waals surface area contributed by atoms with Crippen molar-refractivity contribution in [3.63, 3.8) is 0 Å². The van der Waals surface area contributed by atoms with Crippen LogP contribution in [0.1, 0.15) is 88.7 Å². The summed E-state index contributed by atoms with van der Waals surface area (Å²) < 4.78 is 16.5. The molecule has 0 spiro atoms. The monoisotopic (exact) mass is 518 g/mol. The fourth-order valence-electron chi connectivity index (χ4n) is 6.37. The van der Waals surface area contributed by atoms with E-state index >= 15 is 0 Å². The van der Waals surface area contributed by atoms with E-state index in [4.69, 9.17) is 19.3 Å². The average molecular weight is 519 g/mol. The molecule has 208 valence electrons. The summed E-state index contributed by atoms with van der Waals surface area (Å²) in [4.78, 5) is 23.3. The van der Waals surface area contributed by atoms with Gasteiger partial charge in [0.05, 0.1) is 6.10 Å². The van der Waals surface area contributed by atoms with Crippen LogP contribution < -0.4 is 4.74 Å². The lowest BCUT2D eigenvalue weighted by Crippen LogP contribution is -2.30. The molecule has 0 aromatic heterocycles. The van der Waals surface area contributed by atoms with Crippen molar-refractivity contribution in [3.8, 4) is 5.75 Å². The summed E-state index contributed by atoms with van der Waals surface area (Å²) in [6.45, 7) is 1.81. The van der Waals surface area contributed by atoms with Crippen LogP contribution in [0.4, 0.5) is 0 Å². The van der Waals surface area contributed by atoms with Gasteiger partial charge in [0.2, 0.25) is 0 Å². The number of carbonyl (C=O) groups excluding carboxylic acids is 1. The first-order chi connectivity index (χ1) is 17.9. The van der Waals surface area contributed by atoms with Crippen molar-refractivity contribution in [3.05, 3.63) is 29.3 Å². The average Bonchev–Trinajstić information content (AvgIpc) is 3.19. The summed E-state index contributed by atoms with van der Waals surface area (Å²) in [5.41, 5.74) is 2.26. The number of aliphatic carboxylic acids is 1. The van der Waals surface area contributed by atoms with Crippen LogP contribution in [0.25, 0.3) is 0 Å². The minimum absolute atomic E-state index is 0.0627. The van der Waals surface area contributed by atoms with E-state index in [1.54, 1.807) is 0 Å². The minimum atomic E-state index is -0.993. The maximum absolute atomic E-state index is 12.3. The molecule has 2 N–H and O–H groups in total. The quantitative estimate of drug-likeness (QED) is 0.212. The molecule has 0 aliphatic heterocycles. The molecule has 7 heteroatoms. The van der Waals surface area contributed by atoms with Crippen molar-refractivity contribution in [1.29, 1.82) is 0 Å². The molecular formula is C30H46O7. The first-order valence-electron chi connectivity index (χ1n) is 14.2. The van der Waals surface area contributed by atoms with Crippen LogP contribution in [0.3, 0.4) is 0 Å². The van der Waals surface area contributed by atoms with Crippen molar-refractivity contribution >= 4 is 11.9 Å². The van der Waals surface area contributed by atoms with Crippen LogP contribution in [0.5, 0.6) is 5.75 Å². The van der Waals surface area contributed by atoms with Crippen LogP contribution >= 0.6 is 0 Å². The molecule has 3 rings (SSSR count). The first kappa shape index (κ1) is 29.4. The Hall–Kier alpha value is -2.12. The number of benzene rings is 1. The summed E-state index contributed by atoms with van der Waals surface area (Å²) in [7, 11) is 1.49. The molecule has 0 saturated heterocycles. The van der Waals surface area contributed by atoms with Gasteiger partial charge in [-0.3, -0.25) is 0 Å². The summed E-state index contributed by atoms with van der Waals surface area (Å²) >= 11 is 0. The third-order valence-corrected chi connectivity index (χ3v) is 8.19. The molecule has 0 heterocycles. The first-order valence-corrected chi connectivity index (χ1v) is 14.2. The van der Waals surface area contributed by atoms with E-state index in [0.29, 0.717) is 17.6 Å². The lowest BCUT2D eigenvalue weighted by atomic mass is 9.73. The van der Waals surface area contributed by atoms with E-state index in [0.717, 1.165) is 50.5 Å². The molecule has 2 aliphatic carbocycles. The number of rotatable bonds is 17. The lowest BCUT2D eigenvalue weighted by Gasteiger charge is -2.32. The Kier molecular flexibility index (Phi) is 12.2. The maximum Gasteiger partial charge on any atom is 0.341 e. The highest BCUT2D eigenvalue weighted by Crippen LogP contribution is 2.49. The van der Waals surface area contributed by atoms with E-state index < -0.39 is 5.97 Å². The van der Waals surface area contributed by atoms with Gasteiger partial charge in [0.15, 0.2) is 6.61 Å². The Balaban J connectivity index is 1.60. The van der Waals surface area contributed by atoms with E-state index in [2.05, 4.69) is 13.0 Å². The molecule has 1 fully saturated rings. The molecular weight excluding hydrogens is 472 g/mol. The zero-order valence-corrected chi connectivity index (χ0v) is 22.7.